The number of aryl methyl sites for hydroxylation is 1. The third kappa shape index (κ3) is 3.34. The molecule has 0 aromatic heterocycles. The number of rotatable bonds is 4. The van der Waals surface area contributed by atoms with Crippen molar-refractivity contribution >= 4 is 5.78 Å². The molecule has 3 heteroatoms. The zero-order valence-corrected chi connectivity index (χ0v) is 13.6. The number of hydrogen-bond acceptors (Lipinski definition) is 2. The lowest BCUT2D eigenvalue weighted by Crippen LogP contribution is -2.53. The van der Waals surface area contributed by atoms with Gasteiger partial charge in [-0.2, -0.15) is 0 Å². The van der Waals surface area contributed by atoms with Gasteiger partial charge in [0.2, 0.25) is 0 Å². The third-order valence-electron chi connectivity index (χ3n) is 5.13. The predicted molar refractivity (Wildman–Crippen MR) is 83.9 cm³/mol. The summed E-state index contributed by atoms with van der Waals surface area (Å²) < 4.78 is 13.2. The van der Waals surface area contributed by atoms with Crippen molar-refractivity contribution in [3.8, 4) is 0 Å². The molecule has 0 spiro atoms. The molecule has 1 saturated carbocycles. The van der Waals surface area contributed by atoms with Gasteiger partial charge < -0.3 is 0 Å². The van der Waals surface area contributed by atoms with Crippen molar-refractivity contribution < 1.29 is 9.18 Å². The maximum absolute atomic E-state index is 13.2. The van der Waals surface area contributed by atoms with E-state index in [2.05, 4.69) is 11.8 Å². The van der Waals surface area contributed by atoms with E-state index in [9.17, 15) is 9.18 Å². The maximum Gasteiger partial charge on any atom is 0.157 e. The Labute approximate surface area is 127 Å². The third-order valence-corrected chi connectivity index (χ3v) is 5.13. The van der Waals surface area contributed by atoms with Crippen molar-refractivity contribution in [2.24, 2.45) is 5.92 Å². The molecule has 1 aliphatic rings. The number of carbonyl (C=O) groups excluding carboxylic acids is 1. The molecule has 1 fully saturated rings. The molecule has 1 aromatic rings. The summed E-state index contributed by atoms with van der Waals surface area (Å²) in [6.45, 7) is 4.13. The molecule has 0 bridgehead atoms. The first-order valence-electron chi connectivity index (χ1n) is 7.81. The fraction of sp³-hybridized carbons (Fsp3) is 0.611. The number of nitrogens with zero attached hydrogens (tertiary/aromatic N) is 1. The highest BCUT2D eigenvalue weighted by molar-refractivity contribution is 5.90. The van der Waals surface area contributed by atoms with Crippen LogP contribution < -0.4 is 0 Å². The molecule has 0 N–H and O–H groups in total. The number of halogens is 1. The fourth-order valence-electron chi connectivity index (χ4n) is 3.41. The van der Waals surface area contributed by atoms with Crippen LogP contribution in [0, 0.1) is 18.7 Å². The molecule has 2 nitrogen and oxygen atoms in total. The van der Waals surface area contributed by atoms with Gasteiger partial charge in [-0.05, 0) is 75.9 Å². The van der Waals surface area contributed by atoms with Crippen LogP contribution in [0.2, 0.25) is 0 Å². The van der Waals surface area contributed by atoms with Gasteiger partial charge >= 0.3 is 0 Å². The summed E-state index contributed by atoms with van der Waals surface area (Å²) in [5.74, 6) is 0.741. The quantitative estimate of drug-likeness (QED) is 0.842. The average Bonchev–Trinajstić information content (AvgIpc) is 2.42. The highest BCUT2D eigenvalue weighted by atomic mass is 19.1. The molecule has 2 rings (SSSR count). The van der Waals surface area contributed by atoms with Gasteiger partial charge in [0, 0.05) is 6.42 Å². The van der Waals surface area contributed by atoms with Crippen molar-refractivity contribution in [2.75, 3.05) is 14.1 Å². The minimum absolute atomic E-state index is 0.238. The highest BCUT2D eigenvalue weighted by Crippen LogP contribution is 2.36. The SMILES string of the molecule is Cc1cc(F)ccc1CC(=O)C1(N(C)C)CCC(C)CC1. The van der Waals surface area contributed by atoms with Crippen LogP contribution in [0.1, 0.15) is 43.7 Å². The van der Waals surface area contributed by atoms with Gasteiger partial charge in [-0.25, -0.2) is 4.39 Å². The van der Waals surface area contributed by atoms with E-state index in [1.807, 2.05) is 21.0 Å². The van der Waals surface area contributed by atoms with E-state index in [1.54, 1.807) is 6.07 Å². The highest BCUT2D eigenvalue weighted by Gasteiger charge is 2.42. The number of likely N-dealkylation sites (N-methyl/N-ethyl adjacent to an activating group) is 1. The van der Waals surface area contributed by atoms with Crippen LogP contribution in [0.4, 0.5) is 4.39 Å². The van der Waals surface area contributed by atoms with Gasteiger partial charge in [-0.3, -0.25) is 9.69 Å². The predicted octanol–water partition coefficient (Wildman–Crippen LogP) is 3.76. The Hall–Kier alpha value is -1.22. The molecule has 1 aliphatic carbocycles. The normalized spacial score (nSPS) is 26.1. The molecule has 1 aromatic carbocycles. The lowest BCUT2D eigenvalue weighted by molar-refractivity contribution is -0.131. The van der Waals surface area contributed by atoms with Gasteiger partial charge in [0.15, 0.2) is 5.78 Å². The molecular formula is C18H26FNO. The van der Waals surface area contributed by atoms with Crippen molar-refractivity contribution in [3.63, 3.8) is 0 Å². The van der Waals surface area contributed by atoms with Gasteiger partial charge in [0.1, 0.15) is 5.82 Å². The number of Topliss-reactive ketones (excluding diaryl/α,β-unsaturated/α-hetero) is 1. The van der Waals surface area contributed by atoms with Crippen LogP contribution in [-0.4, -0.2) is 30.3 Å². The average molecular weight is 291 g/mol. The molecule has 0 saturated heterocycles. The van der Waals surface area contributed by atoms with E-state index in [4.69, 9.17) is 0 Å². The maximum atomic E-state index is 13.2. The van der Waals surface area contributed by atoms with E-state index in [1.165, 1.54) is 12.1 Å². The largest absolute Gasteiger partial charge is 0.297 e. The minimum atomic E-state index is -0.340. The second-order valence-electron chi connectivity index (χ2n) is 6.78. The number of carbonyl (C=O) groups is 1. The first-order chi connectivity index (χ1) is 9.85. The standard InChI is InChI=1S/C18H26FNO/c1-13-7-9-18(10-8-13,20(3)4)17(21)12-15-5-6-16(19)11-14(15)2/h5-6,11,13H,7-10,12H2,1-4H3. The van der Waals surface area contributed by atoms with Gasteiger partial charge in [0.25, 0.3) is 0 Å². The van der Waals surface area contributed by atoms with E-state index in [0.29, 0.717) is 12.3 Å². The Balaban J connectivity index is 2.20. The molecule has 0 atom stereocenters. The second kappa shape index (κ2) is 6.27. The topological polar surface area (TPSA) is 20.3 Å². The van der Waals surface area contributed by atoms with Crippen molar-refractivity contribution in [2.45, 2.75) is 51.5 Å². The van der Waals surface area contributed by atoms with E-state index in [0.717, 1.165) is 36.8 Å². The van der Waals surface area contributed by atoms with E-state index >= 15 is 0 Å². The van der Waals surface area contributed by atoms with Crippen LogP contribution >= 0.6 is 0 Å². The summed E-state index contributed by atoms with van der Waals surface area (Å²) in [5, 5.41) is 0. The van der Waals surface area contributed by atoms with Gasteiger partial charge in [0.05, 0.1) is 5.54 Å². The second-order valence-corrected chi connectivity index (χ2v) is 6.78. The monoisotopic (exact) mass is 291 g/mol. The molecule has 0 heterocycles. The number of benzene rings is 1. The summed E-state index contributed by atoms with van der Waals surface area (Å²) in [6.07, 6.45) is 4.47. The molecule has 0 radical (unpaired) electrons. The molecule has 116 valence electrons. The molecule has 21 heavy (non-hydrogen) atoms. The van der Waals surface area contributed by atoms with Crippen LogP contribution in [0.5, 0.6) is 0 Å². The van der Waals surface area contributed by atoms with E-state index < -0.39 is 0 Å². The van der Waals surface area contributed by atoms with Crippen LogP contribution in [0.25, 0.3) is 0 Å². The summed E-state index contributed by atoms with van der Waals surface area (Å²) in [6, 6.07) is 4.70. The fourth-order valence-corrected chi connectivity index (χ4v) is 3.41. The summed E-state index contributed by atoms with van der Waals surface area (Å²) in [4.78, 5) is 15.0. The first-order valence-corrected chi connectivity index (χ1v) is 7.81. The van der Waals surface area contributed by atoms with Crippen molar-refractivity contribution in [1.82, 2.24) is 4.90 Å². The summed E-state index contributed by atoms with van der Waals surface area (Å²) in [7, 11) is 4.01. The summed E-state index contributed by atoms with van der Waals surface area (Å²) >= 11 is 0. The zero-order valence-electron chi connectivity index (χ0n) is 13.6. The Bertz CT molecular complexity index is 516. The number of ketones is 1. The molecular weight excluding hydrogens is 265 g/mol. The lowest BCUT2D eigenvalue weighted by Gasteiger charge is -2.43. The van der Waals surface area contributed by atoms with Gasteiger partial charge in [-0.1, -0.05) is 13.0 Å². The van der Waals surface area contributed by atoms with Crippen molar-refractivity contribution in [3.05, 3.63) is 35.1 Å². The summed E-state index contributed by atoms with van der Waals surface area (Å²) in [5.41, 5.74) is 1.47. The smallest absolute Gasteiger partial charge is 0.157 e. The molecule has 0 aliphatic heterocycles. The zero-order chi connectivity index (χ0) is 15.6. The Morgan fingerprint density at radius 2 is 1.95 bits per heavy atom. The van der Waals surface area contributed by atoms with Crippen LogP contribution in [-0.2, 0) is 11.2 Å². The Morgan fingerprint density at radius 3 is 2.48 bits per heavy atom. The first kappa shape index (κ1) is 16.2. The molecule has 0 amide bonds. The number of hydrogen-bond donors (Lipinski definition) is 0. The molecule has 0 unspecified atom stereocenters. The minimum Gasteiger partial charge on any atom is -0.297 e. The lowest BCUT2D eigenvalue weighted by atomic mass is 9.72. The van der Waals surface area contributed by atoms with Crippen LogP contribution in [0.3, 0.4) is 0 Å². The van der Waals surface area contributed by atoms with Crippen LogP contribution in [0.15, 0.2) is 18.2 Å². The Morgan fingerprint density at radius 1 is 1.33 bits per heavy atom. The van der Waals surface area contributed by atoms with Gasteiger partial charge in [-0.15, -0.1) is 0 Å². The van der Waals surface area contributed by atoms with E-state index in [-0.39, 0.29) is 17.1 Å². The van der Waals surface area contributed by atoms with Crippen molar-refractivity contribution in [1.29, 1.82) is 0 Å². The Kier molecular flexibility index (Phi) is 4.82.